The molecule has 17 heavy (non-hydrogen) atoms. The number of hydrogen-bond donors (Lipinski definition) is 0. The van der Waals surface area contributed by atoms with Gasteiger partial charge in [-0.3, -0.25) is 0 Å². The van der Waals surface area contributed by atoms with Crippen molar-refractivity contribution in [3.63, 3.8) is 0 Å². The zero-order valence-corrected chi connectivity index (χ0v) is 14.7. The number of halogens is 2. The molecule has 0 aromatic heterocycles. The summed E-state index contributed by atoms with van der Waals surface area (Å²) in [5.74, 6) is 0. The van der Waals surface area contributed by atoms with E-state index in [1.54, 1.807) is 13.9 Å². The standard InChI is InChI=1S/C7H7Br2.C7H9.Ru/c8-5-7(9)6-3-1-2-4-6;1-2-7-5-3-4-6-7;/h1,3,7H,2,5H2;3,5H,2,4H2,1H3;. The van der Waals surface area contributed by atoms with Gasteiger partial charge in [0.2, 0.25) is 0 Å². The minimum absolute atomic E-state index is 0.272. The van der Waals surface area contributed by atoms with Crippen LogP contribution in [0.3, 0.4) is 0 Å². The fraction of sp³-hybridized carbons (Fsp3) is 0.429. The third-order valence-corrected chi connectivity index (χ3v) is 8.07. The fourth-order valence-corrected chi connectivity index (χ4v) is 5.92. The molecule has 2 aliphatic rings. The van der Waals surface area contributed by atoms with Gasteiger partial charge >= 0.3 is 129 Å². The molecule has 0 nitrogen and oxygen atoms in total. The van der Waals surface area contributed by atoms with Crippen LogP contribution in [0.4, 0.5) is 0 Å². The molecule has 2 aliphatic carbocycles. The van der Waals surface area contributed by atoms with Gasteiger partial charge in [-0.05, 0) is 0 Å². The van der Waals surface area contributed by atoms with Crippen molar-refractivity contribution in [2.45, 2.75) is 31.0 Å². The fourth-order valence-electron chi connectivity index (χ4n) is 1.98. The summed E-state index contributed by atoms with van der Waals surface area (Å²) in [6, 6.07) is 0. The van der Waals surface area contributed by atoms with Crippen LogP contribution in [0.15, 0.2) is 43.8 Å². The molecular formula is C14H16Br2Ru. The van der Waals surface area contributed by atoms with Gasteiger partial charge in [-0.25, -0.2) is 0 Å². The van der Waals surface area contributed by atoms with Gasteiger partial charge in [0.05, 0.1) is 0 Å². The molecule has 0 amide bonds. The summed E-state index contributed by atoms with van der Waals surface area (Å²) < 4.78 is 3.40. The first-order valence-electron chi connectivity index (χ1n) is 5.86. The predicted molar refractivity (Wildman–Crippen MR) is 78.4 cm³/mol. The summed E-state index contributed by atoms with van der Waals surface area (Å²) in [7, 11) is 0. The van der Waals surface area contributed by atoms with Crippen molar-refractivity contribution in [2.24, 2.45) is 0 Å². The van der Waals surface area contributed by atoms with Crippen LogP contribution >= 0.6 is 31.9 Å². The van der Waals surface area contributed by atoms with Crippen LogP contribution in [-0.2, 0) is 17.1 Å². The molecule has 0 saturated heterocycles. The number of allylic oxidation sites excluding steroid dienone is 8. The van der Waals surface area contributed by atoms with Crippen molar-refractivity contribution in [1.82, 2.24) is 0 Å². The molecule has 94 valence electrons. The van der Waals surface area contributed by atoms with Gasteiger partial charge in [0.1, 0.15) is 0 Å². The molecule has 0 radical (unpaired) electrons. The molecule has 0 aromatic rings. The Hall–Kier alpha value is 0.543. The average molecular weight is 445 g/mol. The number of hydrogen-bond acceptors (Lipinski definition) is 0. The molecule has 0 aliphatic heterocycles. The Kier molecular flexibility index (Phi) is 5.45. The molecule has 0 N–H and O–H groups in total. The molecule has 1 unspecified atom stereocenters. The Morgan fingerprint density at radius 2 is 1.94 bits per heavy atom. The Morgan fingerprint density at radius 1 is 1.24 bits per heavy atom. The van der Waals surface area contributed by atoms with Crippen molar-refractivity contribution >= 4 is 31.9 Å². The SMILES string of the molecule is CCC1=[C]([Ru][C]2=C(C(Br)CBr)C=CC2)CC=C1. The van der Waals surface area contributed by atoms with Gasteiger partial charge in [-0.1, -0.05) is 0 Å². The van der Waals surface area contributed by atoms with Crippen LogP contribution in [0.1, 0.15) is 26.2 Å². The van der Waals surface area contributed by atoms with Gasteiger partial charge in [0.15, 0.2) is 0 Å². The molecule has 0 spiro atoms. The Bertz CT molecular complexity index is 416. The maximum atomic E-state index is 3.75. The van der Waals surface area contributed by atoms with Crippen LogP contribution < -0.4 is 0 Å². The van der Waals surface area contributed by atoms with Gasteiger partial charge in [-0.15, -0.1) is 0 Å². The van der Waals surface area contributed by atoms with E-state index < -0.39 is 0 Å². The monoisotopic (exact) mass is 444 g/mol. The molecule has 0 bridgehead atoms. The van der Waals surface area contributed by atoms with E-state index in [2.05, 4.69) is 63.1 Å². The van der Waals surface area contributed by atoms with E-state index in [9.17, 15) is 0 Å². The van der Waals surface area contributed by atoms with Crippen LogP contribution in [0.5, 0.6) is 0 Å². The van der Waals surface area contributed by atoms with Crippen LogP contribution in [0.2, 0.25) is 0 Å². The maximum absolute atomic E-state index is 3.75. The molecular weight excluding hydrogens is 429 g/mol. The first-order chi connectivity index (χ1) is 8.26. The molecule has 1 atom stereocenters. The zero-order chi connectivity index (χ0) is 12.3. The van der Waals surface area contributed by atoms with E-state index in [0.717, 1.165) is 5.33 Å². The third-order valence-electron chi connectivity index (χ3n) is 2.91. The Balaban J connectivity index is 2.14. The zero-order valence-electron chi connectivity index (χ0n) is 9.82. The summed E-state index contributed by atoms with van der Waals surface area (Å²) in [5.41, 5.74) is 3.11. The Labute approximate surface area is 128 Å². The van der Waals surface area contributed by atoms with Gasteiger partial charge in [0, 0.05) is 0 Å². The average Bonchev–Trinajstić information content (AvgIpc) is 2.97. The van der Waals surface area contributed by atoms with Crippen molar-refractivity contribution in [2.75, 3.05) is 5.33 Å². The Morgan fingerprint density at radius 3 is 2.65 bits per heavy atom. The van der Waals surface area contributed by atoms with Crippen molar-refractivity contribution < 1.29 is 17.1 Å². The summed E-state index contributed by atoms with van der Waals surface area (Å²) >= 11 is 7.59. The van der Waals surface area contributed by atoms with Gasteiger partial charge < -0.3 is 0 Å². The first-order valence-corrected chi connectivity index (χ1v) is 9.64. The molecule has 0 saturated carbocycles. The molecule has 3 heteroatoms. The van der Waals surface area contributed by atoms with Crippen LogP contribution in [0.25, 0.3) is 0 Å². The van der Waals surface area contributed by atoms with Crippen LogP contribution in [-0.4, -0.2) is 10.2 Å². The van der Waals surface area contributed by atoms with Crippen molar-refractivity contribution in [1.29, 1.82) is 0 Å². The van der Waals surface area contributed by atoms with E-state index >= 15 is 0 Å². The summed E-state index contributed by atoms with van der Waals surface area (Å²) in [6.07, 6.45) is 12.8. The topological polar surface area (TPSA) is 0 Å². The molecule has 2 rings (SSSR count). The van der Waals surface area contributed by atoms with E-state index in [0.29, 0.717) is 4.83 Å². The van der Waals surface area contributed by atoms with E-state index in [1.807, 2.05) is 0 Å². The number of alkyl halides is 2. The van der Waals surface area contributed by atoms with E-state index in [1.165, 1.54) is 24.8 Å². The van der Waals surface area contributed by atoms with E-state index in [-0.39, 0.29) is 17.1 Å². The van der Waals surface area contributed by atoms with Gasteiger partial charge in [0.25, 0.3) is 0 Å². The van der Waals surface area contributed by atoms with Crippen molar-refractivity contribution in [3.8, 4) is 0 Å². The quantitative estimate of drug-likeness (QED) is 0.410. The molecule has 0 heterocycles. The molecule has 0 aromatic carbocycles. The van der Waals surface area contributed by atoms with Crippen LogP contribution in [0, 0.1) is 0 Å². The minimum atomic E-state index is 0.272. The van der Waals surface area contributed by atoms with Gasteiger partial charge in [-0.2, -0.15) is 0 Å². The normalized spacial score (nSPS) is 21.1. The summed E-state index contributed by atoms with van der Waals surface area (Å²) in [4.78, 5) is 0.477. The molecule has 0 fully saturated rings. The number of rotatable bonds is 5. The summed E-state index contributed by atoms with van der Waals surface area (Å²) in [6.45, 7) is 2.26. The predicted octanol–water partition coefficient (Wildman–Crippen LogP) is 5.07. The second-order valence-electron chi connectivity index (χ2n) is 4.04. The first kappa shape index (κ1) is 14.0. The summed E-state index contributed by atoms with van der Waals surface area (Å²) in [5, 5.41) is 0.995. The third kappa shape index (κ3) is 3.30. The van der Waals surface area contributed by atoms with E-state index in [4.69, 9.17) is 0 Å². The second-order valence-corrected chi connectivity index (χ2v) is 8.32. The van der Waals surface area contributed by atoms with Crippen molar-refractivity contribution in [3.05, 3.63) is 43.8 Å². The second kappa shape index (κ2) is 6.64.